The van der Waals surface area contributed by atoms with Gasteiger partial charge in [-0.15, -0.1) is 0 Å². The van der Waals surface area contributed by atoms with Gasteiger partial charge in [0.25, 0.3) is 0 Å². The summed E-state index contributed by atoms with van der Waals surface area (Å²) in [6, 6.07) is 3.75. The van der Waals surface area contributed by atoms with Crippen molar-refractivity contribution in [2.24, 2.45) is 11.3 Å². The highest BCUT2D eigenvalue weighted by Crippen LogP contribution is 2.52. The van der Waals surface area contributed by atoms with E-state index in [1.807, 2.05) is 17.9 Å². The number of fused-ring (bicyclic) bond motifs is 1. The van der Waals surface area contributed by atoms with E-state index in [1.165, 1.54) is 6.08 Å². The van der Waals surface area contributed by atoms with Crippen LogP contribution in [0.1, 0.15) is 65.3 Å². The highest BCUT2D eigenvalue weighted by Gasteiger charge is 2.57. The molecule has 1 aromatic rings. The van der Waals surface area contributed by atoms with Crippen LogP contribution < -0.4 is 0 Å². The number of hydrogen-bond donors (Lipinski definition) is 1. The van der Waals surface area contributed by atoms with Crippen molar-refractivity contribution in [1.82, 2.24) is 9.80 Å². The fraction of sp³-hybridized carbons (Fsp3) is 0.577. The molecule has 4 aliphatic heterocycles. The molecule has 0 radical (unpaired) electrons. The molecule has 0 unspecified atom stereocenters. The largest absolute Gasteiger partial charge is 0.457 e. The van der Waals surface area contributed by atoms with E-state index in [1.54, 1.807) is 6.07 Å². The van der Waals surface area contributed by atoms with Crippen LogP contribution >= 0.6 is 0 Å². The maximum Gasteiger partial charge on any atom is 0.338 e. The highest BCUT2D eigenvalue weighted by atomic mass is 16.5. The fourth-order valence-corrected chi connectivity index (χ4v) is 6.34. The van der Waals surface area contributed by atoms with Gasteiger partial charge in [0.1, 0.15) is 13.2 Å². The van der Waals surface area contributed by atoms with Crippen molar-refractivity contribution in [2.75, 3.05) is 26.2 Å². The zero-order valence-electron chi connectivity index (χ0n) is 19.4. The SMILES string of the molecule is Cc1c([C@@H](O)CN2CCC3(CC2)C[C@H](C2CC2)N(C2=CC(=O)OC2)C3=O)ccc2c1COC2=O. The van der Waals surface area contributed by atoms with Gasteiger partial charge in [-0.1, -0.05) is 6.07 Å². The molecule has 1 aromatic carbocycles. The standard InChI is InChI=1S/C26H30N2O6/c1-15-18(4-5-19-20(15)14-34-24(19)31)22(29)12-27-8-6-26(7-9-27)11-21(16-2-3-16)28(25(26)32)17-10-23(30)33-13-17/h4-5,10,16,21-22,29H,2-3,6-9,11-14H2,1H3/t21-,22+/m1/s1. The number of aliphatic hydroxyl groups is 1. The van der Waals surface area contributed by atoms with Crippen LogP contribution in [0.3, 0.4) is 0 Å². The lowest BCUT2D eigenvalue weighted by molar-refractivity contribution is -0.139. The number of benzene rings is 1. The van der Waals surface area contributed by atoms with Crippen LogP contribution in [0, 0.1) is 18.3 Å². The number of hydrogen-bond acceptors (Lipinski definition) is 7. The number of piperidine rings is 1. The lowest BCUT2D eigenvalue weighted by atomic mass is 9.75. The van der Waals surface area contributed by atoms with Gasteiger partial charge in [0, 0.05) is 24.2 Å². The number of β-amino-alcohol motifs (C(OH)–C–C–N with tert-alkyl or cyclic N) is 1. The first-order valence-corrected chi connectivity index (χ1v) is 12.3. The molecule has 8 heteroatoms. The molecule has 5 aliphatic rings. The van der Waals surface area contributed by atoms with Crippen molar-refractivity contribution >= 4 is 17.8 Å². The Morgan fingerprint density at radius 1 is 1.12 bits per heavy atom. The summed E-state index contributed by atoms with van der Waals surface area (Å²) in [5.41, 5.74) is 3.53. The molecule has 4 heterocycles. The van der Waals surface area contributed by atoms with Gasteiger partial charge in [0.2, 0.25) is 5.91 Å². The summed E-state index contributed by atoms with van der Waals surface area (Å²) in [5, 5.41) is 11.0. The Labute approximate surface area is 198 Å². The van der Waals surface area contributed by atoms with Gasteiger partial charge in [-0.2, -0.15) is 0 Å². The maximum atomic E-state index is 13.7. The molecule has 0 aromatic heterocycles. The van der Waals surface area contributed by atoms with E-state index in [9.17, 15) is 19.5 Å². The van der Waals surface area contributed by atoms with Crippen molar-refractivity contribution in [3.8, 4) is 0 Å². The molecule has 6 rings (SSSR count). The van der Waals surface area contributed by atoms with E-state index >= 15 is 0 Å². The molecule has 3 fully saturated rings. The summed E-state index contributed by atoms with van der Waals surface area (Å²) in [6.45, 7) is 4.37. The highest BCUT2D eigenvalue weighted by molar-refractivity contribution is 5.94. The average molecular weight is 467 g/mol. The Morgan fingerprint density at radius 3 is 2.56 bits per heavy atom. The Kier molecular flexibility index (Phi) is 5.08. The summed E-state index contributed by atoms with van der Waals surface area (Å²) < 4.78 is 10.2. The zero-order chi connectivity index (χ0) is 23.6. The second kappa shape index (κ2) is 7.92. The molecule has 1 spiro atoms. The number of nitrogens with zero attached hydrogens (tertiary/aromatic N) is 2. The second-order valence-electron chi connectivity index (χ2n) is 10.5. The second-order valence-corrected chi connectivity index (χ2v) is 10.5. The normalized spacial score (nSPS) is 27.1. The van der Waals surface area contributed by atoms with Gasteiger partial charge in [0.15, 0.2) is 0 Å². The summed E-state index contributed by atoms with van der Waals surface area (Å²) in [6.07, 6.45) is 5.45. The summed E-state index contributed by atoms with van der Waals surface area (Å²) in [7, 11) is 0. The number of amides is 1. The molecule has 1 saturated carbocycles. The predicted octanol–water partition coefficient (Wildman–Crippen LogP) is 2.23. The van der Waals surface area contributed by atoms with Crippen molar-refractivity contribution in [2.45, 2.75) is 57.8 Å². The smallest absolute Gasteiger partial charge is 0.338 e. The fourth-order valence-electron chi connectivity index (χ4n) is 6.34. The molecule has 2 atom stereocenters. The van der Waals surface area contributed by atoms with Crippen LogP contribution in [0.5, 0.6) is 0 Å². The molecule has 1 aliphatic carbocycles. The topological polar surface area (TPSA) is 96.4 Å². The number of aliphatic hydroxyl groups excluding tert-OH is 1. The number of carbonyl (C=O) groups excluding carboxylic acids is 3. The monoisotopic (exact) mass is 466 g/mol. The first kappa shape index (κ1) is 21.8. The van der Waals surface area contributed by atoms with Crippen molar-refractivity contribution in [3.63, 3.8) is 0 Å². The molecule has 8 nitrogen and oxygen atoms in total. The Hall–Kier alpha value is -2.71. The molecule has 1 amide bonds. The van der Waals surface area contributed by atoms with E-state index < -0.39 is 6.10 Å². The number of likely N-dealkylation sites (tertiary alicyclic amines) is 2. The lowest BCUT2D eigenvalue weighted by Gasteiger charge is -2.38. The minimum Gasteiger partial charge on any atom is -0.457 e. The third-order valence-electron chi connectivity index (χ3n) is 8.54. The molecule has 1 N–H and O–H groups in total. The Morgan fingerprint density at radius 2 is 1.88 bits per heavy atom. The number of rotatable bonds is 5. The maximum absolute atomic E-state index is 13.7. The van der Waals surface area contributed by atoms with Gasteiger partial charge in [-0.3, -0.25) is 4.79 Å². The van der Waals surface area contributed by atoms with E-state index in [0.717, 1.165) is 67.6 Å². The van der Waals surface area contributed by atoms with Crippen molar-refractivity contribution < 1.29 is 29.0 Å². The minimum atomic E-state index is -0.670. The third-order valence-corrected chi connectivity index (χ3v) is 8.54. The number of ether oxygens (including phenoxy) is 2. The summed E-state index contributed by atoms with van der Waals surface area (Å²) >= 11 is 0. The quantitative estimate of drug-likeness (QED) is 0.665. The van der Waals surface area contributed by atoms with E-state index in [2.05, 4.69) is 4.90 Å². The van der Waals surface area contributed by atoms with Gasteiger partial charge in [0.05, 0.1) is 22.8 Å². The minimum absolute atomic E-state index is 0.147. The van der Waals surface area contributed by atoms with Crippen LogP contribution in [-0.4, -0.2) is 65.0 Å². The van der Waals surface area contributed by atoms with Gasteiger partial charge in [-0.05, 0) is 75.2 Å². The average Bonchev–Trinajstić information content (AvgIpc) is 3.38. The summed E-state index contributed by atoms with van der Waals surface area (Å²) in [4.78, 5) is 41.2. The van der Waals surface area contributed by atoms with Gasteiger partial charge >= 0.3 is 11.9 Å². The van der Waals surface area contributed by atoms with Crippen molar-refractivity contribution in [1.29, 1.82) is 0 Å². The first-order chi connectivity index (χ1) is 16.4. The molecule has 2 saturated heterocycles. The molecular formula is C26H30N2O6. The first-order valence-electron chi connectivity index (χ1n) is 12.3. The van der Waals surface area contributed by atoms with Crippen LogP contribution in [0.25, 0.3) is 0 Å². The summed E-state index contributed by atoms with van der Waals surface area (Å²) in [5.74, 6) is 0.0103. The van der Waals surface area contributed by atoms with E-state index in [0.29, 0.717) is 18.0 Å². The van der Waals surface area contributed by atoms with Crippen LogP contribution in [0.15, 0.2) is 23.9 Å². The molecular weight excluding hydrogens is 436 g/mol. The predicted molar refractivity (Wildman–Crippen MR) is 120 cm³/mol. The Balaban J connectivity index is 1.14. The Bertz CT molecular complexity index is 1100. The van der Waals surface area contributed by atoms with Gasteiger partial charge < -0.3 is 24.4 Å². The number of carbonyl (C=O) groups is 3. The van der Waals surface area contributed by atoms with Crippen LogP contribution in [-0.2, 0) is 25.7 Å². The van der Waals surface area contributed by atoms with E-state index in [4.69, 9.17) is 9.47 Å². The molecule has 0 bridgehead atoms. The molecule has 34 heavy (non-hydrogen) atoms. The van der Waals surface area contributed by atoms with Crippen molar-refractivity contribution in [3.05, 3.63) is 46.2 Å². The van der Waals surface area contributed by atoms with E-state index in [-0.39, 0.29) is 42.5 Å². The lowest BCUT2D eigenvalue weighted by Crippen LogP contribution is -2.45. The number of cyclic esters (lactones) is 2. The van der Waals surface area contributed by atoms with Crippen LogP contribution in [0.4, 0.5) is 0 Å². The molecule has 180 valence electrons. The zero-order valence-corrected chi connectivity index (χ0v) is 19.4. The van der Waals surface area contributed by atoms with Crippen LogP contribution in [0.2, 0.25) is 0 Å². The van der Waals surface area contributed by atoms with Gasteiger partial charge in [-0.25, -0.2) is 9.59 Å². The third kappa shape index (κ3) is 3.46. The number of esters is 2.